The fraction of sp³-hybridized carbons (Fsp3) is 0.333. The van der Waals surface area contributed by atoms with Gasteiger partial charge in [0.15, 0.2) is 5.75 Å². The minimum Gasteiger partial charge on any atom is -0.497 e. The van der Waals surface area contributed by atoms with Gasteiger partial charge in [0.25, 0.3) is 0 Å². The lowest BCUT2D eigenvalue weighted by Gasteiger charge is -2.12. The molecule has 106 valence electrons. The van der Waals surface area contributed by atoms with Crippen molar-refractivity contribution in [2.45, 2.75) is 26.3 Å². The van der Waals surface area contributed by atoms with Crippen LogP contribution in [0.15, 0.2) is 30.5 Å². The number of methoxy groups -OCH3 is 1. The van der Waals surface area contributed by atoms with Crippen molar-refractivity contribution in [3.63, 3.8) is 0 Å². The summed E-state index contributed by atoms with van der Waals surface area (Å²) in [6, 6.07) is 7.37. The van der Waals surface area contributed by atoms with Crippen molar-refractivity contribution >= 4 is 0 Å². The van der Waals surface area contributed by atoms with Crippen LogP contribution in [0.3, 0.4) is 0 Å². The highest BCUT2D eigenvalue weighted by molar-refractivity contribution is 5.37. The maximum Gasteiger partial charge on any atom is 0.168 e. The molecule has 0 bridgehead atoms. The van der Waals surface area contributed by atoms with E-state index in [9.17, 15) is 0 Å². The molecule has 0 unspecified atom stereocenters. The van der Waals surface area contributed by atoms with Gasteiger partial charge in [0, 0.05) is 18.5 Å². The van der Waals surface area contributed by atoms with Crippen molar-refractivity contribution in [1.82, 2.24) is 9.97 Å². The van der Waals surface area contributed by atoms with Crippen molar-refractivity contribution in [1.29, 1.82) is 0 Å². The third kappa shape index (κ3) is 3.24. The van der Waals surface area contributed by atoms with Crippen molar-refractivity contribution in [2.24, 2.45) is 5.73 Å². The average molecular weight is 273 g/mol. The Morgan fingerprint density at radius 2 is 2.00 bits per heavy atom. The van der Waals surface area contributed by atoms with E-state index in [1.54, 1.807) is 19.4 Å². The SMILES string of the molecule is COc1cccc(Oc2cnc(C(C)C)nc2CN)c1. The maximum absolute atomic E-state index is 5.79. The molecule has 0 aliphatic rings. The van der Waals surface area contributed by atoms with Gasteiger partial charge in [-0.15, -0.1) is 0 Å². The Balaban J connectivity index is 2.28. The van der Waals surface area contributed by atoms with Gasteiger partial charge >= 0.3 is 0 Å². The van der Waals surface area contributed by atoms with Gasteiger partial charge in [0.05, 0.1) is 13.3 Å². The fourth-order valence-corrected chi connectivity index (χ4v) is 1.72. The van der Waals surface area contributed by atoms with Crippen LogP contribution in [0.1, 0.15) is 31.3 Å². The van der Waals surface area contributed by atoms with E-state index in [1.807, 2.05) is 32.0 Å². The molecule has 0 aliphatic heterocycles. The molecule has 1 aromatic carbocycles. The Kier molecular flexibility index (Phi) is 4.53. The summed E-state index contributed by atoms with van der Waals surface area (Å²) in [5.74, 6) is 3.00. The normalized spacial score (nSPS) is 10.7. The molecule has 20 heavy (non-hydrogen) atoms. The highest BCUT2D eigenvalue weighted by Crippen LogP contribution is 2.27. The van der Waals surface area contributed by atoms with Gasteiger partial charge in [-0.05, 0) is 12.1 Å². The molecule has 0 atom stereocenters. The molecule has 0 fully saturated rings. The van der Waals surface area contributed by atoms with E-state index in [2.05, 4.69) is 9.97 Å². The predicted molar refractivity (Wildman–Crippen MR) is 77.1 cm³/mol. The number of rotatable bonds is 5. The number of nitrogens with zero attached hydrogens (tertiary/aromatic N) is 2. The summed E-state index contributed by atoms with van der Waals surface area (Å²) in [6.07, 6.45) is 1.67. The molecule has 5 heteroatoms. The van der Waals surface area contributed by atoms with E-state index in [-0.39, 0.29) is 5.92 Å². The largest absolute Gasteiger partial charge is 0.497 e. The first-order valence-electron chi connectivity index (χ1n) is 6.51. The number of nitrogens with two attached hydrogens (primary N) is 1. The first-order valence-corrected chi connectivity index (χ1v) is 6.51. The summed E-state index contributed by atoms with van der Waals surface area (Å²) in [4.78, 5) is 8.74. The second-order valence-corrected chi connectivity index (χ2v) is 4.68. The molecule has 2 N–H and O–H groups in total. The molecular weight excluding hydrogens is 254 g/mol. The Bertz CT molecular complexity index is 585. The zero-order valence-corrected chi connectivity index (χ0v) is 12.0. The maximum atomic E-state index is 5.79. The highest BCUT2D eigenvalue weighted by atomic mass is 16.5. The lowest BCUT2D eigenvalue weighted by atomic mass is 10.2. The first-order chi connectivity index (χ1) is 9.63. The van der Waals surface area contributed by atoms with Crippen LogP contribution in [0, 0.1) is 0 Å². The number of ether oxygens (including phenoxy) is 2. The van der Waals surface area contributed by atoms with Crippen LogP contribution in [0.2, 0.25) is 0 Å². The van der Waals surface area contributed by atoms with E-state index in [4.69, 9.17) is 15.2 Å². The third-order valence-corrected chi connectivity index (χ3v) is 2.83. The second kappa shape index (κ2) is 6.34. The van der Waals surface area contributed by atoms with Gasteiger partial charge in [0.1, 0.15) is 23.0 Å². The minimum absolute atomic E-state index is 0.256. The molecule has 0 spiro atoms. The highest BCUT2D eigenvalue weighted by Gasteiger charge is 2.10. The van der Waals surface area contributed by atoms with Gasteiger partial charge in [-0.3, -0.25) is 0 Å². The molecule has 1 aromatic heterocycles. The van der Waals surface area contributed by atoms with Gasteiger partial charge in [-0.1, -0.05) is 19.9 Å². The van der Waals surface area contributed by atoms with Gasteiger partial charge in [-0.2, -0.15) is 0 Å². The van der Waals surface area contributed by atoms with Crippen molar-refractivity contribution in [3.05, 3.63) is 42.0 Å². The molecule has 5 nitrogen and oxygen atoms in total. The second-order valence-electron chi connectivity index (χ2n) is 4.68. The van der Waals surface area contributed by atoms with Crippen LogP contribution in [-0.2, 0) is 6.54 Å². The van der Waals surface area contributed by atoms with E-state index < -0.39 is 0 Å². The van der Waals surface area contributed by atoms with Gasteiger partial charge in [-0.25, -0.2) is 9.97 Å². The van der Waals surface area contributed by atoms with Crippen LogP contribution in [0.4, 0.5) is 0 Å². The molecule has 0 aliphatic carbocycles. The molecule has 0 saturated heterocycles. The zero-order chi connectivity index (χ0) is 14.5. The predicted octanol–water partition coefficient (Wildman–Crippen LogP) is 2.86. The van der Waals surface area contributed by atoms with Crippen molar-refractivity contribution in [3.8, 4) is 17.2 Å². The summed E-state index contributed by atoms with van der Waals surface area (Å²) in [5, 5.41) is 0. The molecular formula is C15H19N3O2. The molecule has 2 rings (SSSR count). The quantitative estimate of drug-likeness (QED) is 0.907. The fourth-order valence-electron chi connectivity index (χ4n) is 1.72. The van der Waals surface area contributed by atoms with Crippen LogP contribution >= 0.6 is 0 Å². The van der Waals surface area contributed by atoms with Gasteiger partial charge in [0.2, 0.25) is 0 Å². The van der Waals surface area contributed by atoms with Crippen LogP contribution < -0.4 is 15.2 Å². The number of hydrogen-bond acceptors (Lipinski definition) is 5. The van der Waals surface area contributed by atoms with Gasteiger partial charge < -0.3 is 15.2 Å². The first kappa shape index (κ1) is 14.3. The lowest BCUT2D eigenvalue weighted by molar-refractivity contribution is 0.408. The van der Waals surface area contributed by atoms with Crippen molar-refractivity contribution < 1.29 is 9.47 Å². The Labute approximate surface area is 118 Å². The summed E-state index contributed by atoms with van der Waals surface area (Å²) in [7, 11) is 1.62. The number of aromatic nitrogens is 2. The number of hydrogen-bond donors (Lipinski definition) is 1. The van der Waals surface area contributed by atoms with Crippen LogP contribution in [0.25, 0.3) is 0 Å². The summed E-state index contributed by atoms with van der Waals surface area (Å²) in [5.41, 5.74) is 6.43. The molecule has 2 aromatic rings. The van der Waals surface area contributed by atoms with E-state index in [0.717, 1.165) is 11.6 Å². The molecule has 0 saturated carbocycles. The third-order valence-electron chi connectivity index (χ3n) is 2.83. The minimum atomic E-state index is 0.256. The lowest BCUT2D eigenvalue weighted by Crippen LogP contribution is -2.07. The van der Waals surface area contributed by atoms with Crippen LogP contribution in [0.5, 0.6) is 17.2 Å². The van der Waals surface area contributed by atoms with E-state index >= 15 is 0 Å². The van der Waals surface area contributed by atoms with Crippen molar-refractivity contribution in [2.75, 3.05) is 7.11 Å². The topological polar surface area (TPSA) is 70.3 Å². The zero-order valence-electron chi connectivity index (χ0n) is 12.0. The van der Waals surface area contributed by atoms with E-state index in [1.165, 1.54) is 0 Å². The summed E-state index contributed by atoms with van der Waals surface area (Å²) >= 11 is 0. The Hall–Kier alpha value is -2.14. The smallest absolute Gasteiger partial charge is 0.168 e. The number of benzene rings is 1. The standard InChI is InChI=1S/C15H19N3O2/c1-10(2)15-17-9-14(13(8-16)18-15)20-12-6-4-5-11(7-12)19-3/h4-7,9-10H,8,16H2,1-3H3. The van der Waals surface area contributed by atoms with Crippen LogP contribution in [-0.4, -0.2) is 17.1 Å². The Morgan fingerprint density at radius 1 is 1.25 bits per heavy atom. The summed E-state index contributed by atoms with van der Waals surface area (Å²) < 4.78 is 11.0. The van der Waals surface area contributed by atoms with E-state index in [0.29, 0.717) is 23.7 Å². The molecule has 0 amide bonds. The average Bonchev–Trinajstić information content (AvgIpc) is 2.47. The summed E-state index contributed by atoms with van der Waals surface area (Å²) in [6.45, 7) is 4.39. The molecule has 0 radical (unpaired) electrons. The Morgan fingerprint density at radius 3 is 2.65 bits per heavy atom. The monoisotopic (exact) mass is 273 g/mol. The molecule has 1 heterocycles.